The molecule has 0 aliphatic carbocycles. The van der Waals surface area contributed by atoms with Crippen molar-refractivity contribution in [3.05, 3.63) is 36.1 Å². The number of carboxylic acids is 1. The number of furan rings is 1. The first kappa shape index (κ1) is 15.7. The summed E-state index contributed by atoms with van der Waals surface area (Å²) in [5.41, 5.74) is 0.936. The Hall–Kier alpha value is -1.85. The van der Waals surface area contributed by atoms with Crippen LogP contribution in [-0.2, 0) is 16.1 Å². The van der Waals surface area contributed by atoms with Crippen LogP contribution in [0.2, 0.25) is 0 Å². The van der Waals surface area contributed by atoms with Gasteiger partial charge in [0.05, 0.1) is 18.6 Å². The third kappa shape index (κ3) is 3.06. The highest BCUT2D eigenvalue weighted by Gasteiger charge is 2.40. The predicted molar refractivity (Wildman–Crippen MR) is 89.7 cm³/mol. The molecule has 2 saturated heterocycles. The van der Waals surface area contributed by atoms with Gasteiger partial charge in [0.25, 0.3) is 0 Å². The molecule has 5 heteroatoms. The molecule has 2 atom stereocenters. The van der Waals surface area contributed by atoms with Crippen LogP contribution in [0, 0.1) is 11.8 Å². The summed E-state index contributed by atoms with van der Waals surface area (Å²) in [6.45, 7) is 3.33. The average Bonchev–Trinajstić information content (AvgIpc) is 3.21. The fourth-order valence-electron chi connectivity index (χ4n) is 4.11. The standard InChI is InChI=1S/C19H23NO4/c21-19(22)16-7-10-23-18(16)13-5-8-20(9-6-13)12-15-11-14-3-1-2-4-17(14)24-15/h1-4,11,13,16,18H,5-10,12H2,(H,21,22)/t16-,18+/m1/s1. The molecule has 4 rings (SSSR count). The lowest BCUT2D eigenvalue weighted by molar-refractivity contribution is -0.145. The summed E-state index contributed by atoms with van der Waals surface area (Å²) in [5.74, 6) is 0.329. The van der Waals surface area contributed by atoms with E-state index in [-0.39, 0.29) is 12.0 Å². The monoisotopic (exact) mass is 329 g/mol. The number of carboxylic acid groups (broad SMARTS) is 1. The summed E-state index contributed by atoms with van der Waals surface area (Å²) in [4.78, 5) is 13.7. The van der Waals surface area contributed by atoms with E-state index in [4.69, 9.17) is 9.15 Å². The summed E-state index contributed by atoms with van der Waals surface area (Å²) < 4.78 is 11.6. The van der Waals surface area contributed by atoms with Crippen molar-refractivity contribution in [2.45, 2.75) is 31.9 Å². The van der Waals surface area contributed by atoms with Crippen molar-refractivity contribution in [2.75, 3.05) is 19.7 Å². The van der Waals surface area contributed by atoms with Crippen molar-refractivity contribution in [2.24, 2.45) is 11.8 Å². The lowest BCUT2D eigenvalue weighted by Gasteiger charge is -2.35. The van der Waals surface area contributed by atoms with E-state index in [2.05, 4.69) is 17.0 Å². The molecule has 0 bridgehead atoms. The Labute approximate surface area is 141 Å². The average molecular weight is 329 g/mol. The minimum Gasteiger partial charge on any atom is -0.481 e. The first-order valence-corrected chi connectivity index (χ1v) is 8.75. The summed E-state index contributed by atoms with van der Waals surface area (Å²) in [5, 5.41) is 10.5. The molecule has 1 N–H and O–H groups in total. The van der Waals surface area contributed by atoms with E-state index in [1.807, 2.05) is 18.2 Å². The topological polar surface area (TPSA) is 62.9 Å². The minimum absolute atomic E-state index is 0.101. The zero-order chi connectivity index (χ0) is 16.5. The van der Waals surface area contributed by atoms with Crippen molar-refractivity contribution in [1.82, 2.24) is 4.90 Å². The van der Waals surface area contributed by atoms with Gasteiger partial charge in [-0.2, -0.15) is 0 Å². The van der Waals surface area contributed by atoms with E-state index in [1.165, 1.54) is 0 Å². The van der Waals surface area contributed by atoms with Crippen molar-refractivity contribution in [3.63, 3.8) is 0 Å². The summed E-state index contributed by atoms with van der Waals surface area (Å²) in [7, 11) is 0. The second-order valence-corrected chi connectivity index (χ2v) is 6.93. The van der Waals surface area contributed by atoms with E-state index >= 15 is 0 Å². The highest BCUT2D eigenvalue weighted by atomic mass is 16.5. The molecular formula is C19H23NO4. The fourth-order valence-corrected chi connectivity index (χ4v) is 4.11. The van der Waals surface area contributed by atoms with Crippen LogP contribution >= 0.6 is 0 Å². The lowest BCUT2D eigenvalue weighted by atomic mass is 9.84. The van der Waals surface area contributed by atoms with E-state index in [9.17, 15) is 9.90 Å². The number of carbonyl (C=O) groups is 1. The Morgan fingerprint density at radius 1 is 1.21 bits per heavy atom. The number of ether oxygens (including phenoxy) is 1. The highest BCUT2D eigenvalue weighted by molar-refractivity contribution is 5.77. The summed E-state index contributed by atoms with van der Waals surface area (Å²) in [6.07, 6.45) is 2.54. The molecule has 24 heavy (non-hydrogen) atoms. The Bertz CT molecular complexity index is 684. The SMILES string of the molecule is O=C(O)[C@@H]1CCO[C@H]1C1CCN(Cc2cc3ccccc3o2)CC1. The number of aliphatic carboxylic acids is 1. The number of para-hydroxylation sites is 1. The number of rotatable bonds is 4. The van der Waals surface area contributed by atoms with Crippen molar-refractivity contribution < 1.29 is 19.1 Å². The maximum atomic E-state index is 11.3. The van der Waals surface area contributed by atoms with Crippen LogP contribution < -0.4 is 0 Å². The van der Waals surface area contributed by atoms with Gasteiger partial charge >= 0.3 is 5.97 Å². The summed E-state index contributed by atoms with van der Waals surface area (Å²) >= 11 is 0. The Morgan fingerprint density at radius 3 is 2.75 bits per heavy atom. The zero-order valence-electron chi connectivity index (χ0n) is 13.7. The number of nitrogens with zero attached hydrogens (tertiary/aromatic N) is 1. The van der Waals surface area contributed by atoms with Gasteiger partial charge in [0, 0.05) is 12.0 Å². The number of hydrogen-bond donors (Lipinski definition) is 1. The van der Waals surface area contributed by atoms with Gasteiger partial charge in [-0.3, -0.25) is 9.69 Å². The number of benzene rings is 1. The van der Waals surface area contributed by atoms with Crippen molar-refractivity contribution in [3.8, 4) is 0 Å². The molecule has 0 spiro atoms. The number of likely N-dealkylation sites (tertiary alicyclic amines) is 1. The van der Waals surface area contributed by atoms with Gasteiger partial charge in [-0.1, -0.05) is 18.2 Å². The predicted octanol–water partition coefficient (Wildman–Crippen LogP) is 3.13. The van der Waals surface area contributed by atoms with Gasteiger partial charge in [-0.15, -0.1) is 0 Å². The highest BCUT2D eigenvalue weighted by Crippen LogP contribution is 2.33. The fraction of sp³-hybridized carbons (Fsp3) is 0.526. The minimum atomic E-state index is -0.706. The van der Waals surface area contributed by atoms with Crippen LogP contribution in [0.3, 0.4) is 0 Å². The van der Waals surface area contributed by atoms with E-state index in [1.54, 1.807) is 0 Å². The van der Waals surface area contributed by atoms with Crippen LogP contribution in [-0.4, -0.2) is 41.8 Å². The molecule has 0 saturated carbocycles. The Morgan fingerprint density at radius 2 is 2.00 bits per heavy atom. The first-order valence-electron chi connectivity index (χ1n) is 8.75. The molecule has 2 aromatic rings. The van der Waals surface area contributed by atoms with Gasteiger partial charge in [0.15, 0.2) is 0 Å². The maximum absolute atomic E-state index is 11.3. The first-order chi connectivity index (χ1) is 11.7. The largest absolute Gasteiger partial charge is 0.481 e. The molecule has 3 heterocycles. The van der Waals surface area contributed by atoms with Gasteiger partial charge in [-0.25, -0.2) is 0 Å². The molecule has 2 fully saturated rings. The normalized spacial score (nSPS) is 26.2. The third-order valence-corrected chi connectivity index (χ3v) is 5.41. The Kier molecular flexibility index (Phi) is 4.29. The molecule has 1 aromatic carbocycles. The maximum Gasteiger partial charge on any atom is 0.309 e. The third-order valence-electron chi connectivity index (χ3n) is 5.41. The second kappa shape index (κ2) is 6.57. The smallest absolute Gasteiger partial charge is 0.309 e. The van der Waals surface area contributed by atoms with Gasteiger partial charge < -0.3 is 14.3 Å². The lowest BCUT2D eigenvalue weighted by Crippen LogP contribution is -2.40. The van der Waals surface area contributed by atoms with Gasteiger partial charge in [-0.05, 0) is 50.4 Å². The second-order valence-electron chi connectivity index (χ2n) is 6.93. The van der Waals surface area contributed by atoms with E-state index in [0.717, 1.165) is 49.2 Å². The number of fused-ring (bicyclic) bond motifs is 1. The van der Waals surface area contributed by atoms with Crippen LogP contribution in [0.1, 0.15) is 25.0 Å². The molecule has 0 amide bonds. The molecule has 5 nitrogen and oxygen atoms in total. The molecule has 1 aromatic heterocycles. The molecular weight excluding hydrogens is 306 g/mol. The van der Waals surface area contributed by atoms with Gasteiger partial charge in [0.2, 0.25) is 0 Å². The van der Waals surface area contributed by atoms with Crippen molar-refractivity contribution in [1.29, 1.82) is 0 Å². The van der Waals surface area contributed by atoms with Crippen LogP contribution in [0.4, 0.5) is 0 Å². The quantitative estimate of drug-likeness (QED) is 0.934. The van der Waals surface area contributed by atoms with E-state index in [0.29, 0.717) is 18.9 Å². The van der Waals surface area contributed by atoms with E-state index < -0.39 is 5.97 Å². The summed E-state index contributed by atoms with van der Waals surface area (Å²) in [6, 6.07) is 10.2. The van der Waals surface area contributed by atoms with Crippen LogP contribution in [0.5, 0.6) is 0 Å². The zero-order valence-corrected chi connectivity index (χ0v) is 13.7. The molecule has 2 aliphatic heterocycles. The van der Waals surface area contributed by atoms with Crippen LogP contribution in [0.15, 0.2) is 34.7 Å². The number of hydrogen-bond acceptors (Lipinski definition) is 4. The number of piperidine rings is 1. The van der Waals surface area contributed by atoms with Crippen LogP contribution in [0.25, 0.3) is 11.0 Å². The molecule has 0 unspecified atom stereocenters. The molecule has 128 valence electrons. The molecule has 0 radical (unpaired) electrons. The van der Waals surface area contributed by atoms with Gasteiger partial charge in [0.1, 0.15) is 11.3 Å². The Balaban J connectivity index is 1.35. The van der Waals surface area contributed by atoms with Crippen molar-refractivity contribution >= 4 is 16.9 Å². The molecule has 2 aliphatic rings.